The van der Waals surface area contributed by atoms with Gasteiger partial charge in [-0.1, -0.05) is 28.1 Å². The van der Waals surface area contributed by atoms with Crippen LogP contribution in [0.25, 0.3) is 0 Å². The molecular weight excluding hydrogens is 298 g/mol. The Kier molecular flexibility index (Phi) is 4.17. The summed E-state index contributed by atoms with van der Waals surface area (Å²) in [5.74, 6) is 0.00352. The van der Waals surface area contributed by atoms with Gasteiger partial charge in [-0.2, -0.15) is 0 Å². The molecule has 1 aliphatic rings. The molecule has 0 aliphatic carbocycles. The van der Waals surface area contributed by atoms with Crippen molar-refractivity contribution in [2.75, 3.05) is 13.1 Å². The molecule has 98 valence electrons. The second-order valence-electron chi connectivity index (χ2n) is 4.64. The van der Waals surface area contributed by atoms with E-state index in [1.165, 1.54) is 0 Å². The van der Waals surface area contributed by atoms with Crippen LogP contribution in [-0.2, 0) is 0 Å². The van der Waals surface area contributed by atoms with Crippen LogP contribution in [0, 0.1) is 0 Å². The van der Waals surface area contributed by atoms with Crippen molar-refractivity contribution in [1.29, 1.82) is 0 Å². The first-order valence-electron chi connectivity index (χ1n) is 5.89. The molecule has 2 rings (SSSR count). The Bertz CT molecular complexity index is 424. The highest BCUT2D eigenvalue weighted by molar-refractivity contribution is 9.10. The maximum absolute atomic E-state index is 12.2. The van der Waals surface area contributed by atoms with Crippen LogP contribution in [0.4, 0.5) is 0 Å². The first-order chi connectivity index (χ1) is 8.49. The molecule has 1 saturated heterocycles. The number of aliphatic hydroxyl groups is 2. The average molecular weight is 314 g/mol. The van der Waals surface area contributed by atoms with Crippen LogP contribution in [0.3, 0.4) is 0 Å². The molecule has 2 N–H and O–H groups in total. The number of Topliss-reactive ketones (excluding diaryl/α,β-unsaturated/α-hetero) is 1. The minimum absolute atomic E-state index is 0.00352. The van der Waals surface area contributed by atoms with Crippen molar-refractivity contribution < 1.29 is 15.0 Å². The zero-order valence-corrected chi connectivity index (χ0v) is 11.7. The van der Waals surface area contributed by atoms with E-state index in [4.69, 9.17) is 0 Å². The molecule has 0 saturated carbocycles. The highest BCUT2D eigenvalue weighted by Crippen LogP contribution is 2.18. The molecule has 0 spiro atoms. The van der Waals surface area contributed by atoms with Crippen LogP contribution in [0.5, 0.6) is 0 Å². The first-order valence-corrected chi connectivity index (χ1v) is 6.68. The fraction of sp³-hybridized carbons (Fsp3) is 0.462. The number of hydrogen-bond donors (Lipinski definition) is 2. The van der Waals surface area contributed by atoms with Gasteiger partial charge in [0.1, 0.15) is 0 Å². The summed E-state index contributed by atoms with van der Waals surface area (Å²) in [6.07, 6.45) is -1.52. The van der Waals surface area contributed by atoms with E-state index in [9.17, 15) is 15.0 Å². The average Bonchev–Trinajstić information content (AvgIpc) is 2.69. The fourth-order valence-electron chi connectivity index (χ4n) is 2.14. The van der Waals surface area contributed by atoms with E-state index in [0.29, 0.717) is 18.7 Å². The second-order valence-corrected chi connectivity index (χ2v) is 5.55. The van der Waals surface area contributed by atoms with Crippen LogP contribution in [0.1, 0.15) is 17.3 Å². The molecule has 1 aliphatic heterocycles. The molecule has 18 heavy (non-hydrogen) atoms. The number of rotatable bonds is 3. The van der Waals surface area contributed by atoms with Gasteiger partial charge in [0.15, 0.2) is 5.78 Å². The molecule has 1 aromatic carbocycles. The summed E-state index contributed by atoms with van der Waals surface area (Å²) in [7, 11) is 0. The van der Waals surface area contributed by atoms with Crippen molar-refractivity contribution in [2.45, 2.75) is 25.2 Å². The van der Waals surface area contributed by atoms with Crippen LogP contribution in [0.2, 0.25) is 0 Å². The molecule has 3 atom stereocenters. The van der Waals surface area contributed by atoms with E-state index >= 15 is 0 Å². The molecule has 0 amide bonds. The summed E-state index contributed by atoms with van der Waals surface area (Å²) in [5.41, 5.74) is 0.640. The van der Waals surface area contributed by atoms with Gasteiger partial charge in [-0.25, -0.2) is 0 Å². The number of benzene rings is 1. The van der Waals surface area contributed by atoms with Crippen LogP contribution in [-0.4, -0.2) is 52.2 Å². The number of likely N-dealkylation sites (tertiary alicyclic amines) is 1. The van der Waals surface area contributed by atoms with Gasteiger partial charge in [0.05, 0.1) is 18.2 Å². The monoisotopic (exact) mass is 313 g/mol. The fourth-order valence-corrected chi connectivity index (χ4v) is 2.40. The summed E-state index contributed by atoms with van der Waals surface area (Å²) in [6, 6.07) is 6.86. The number of carbonyl (C=O) groups excluding carboxylic acids is 1. The van der Waals surface area contributed by atoms with Gasteiger partial charge in [-0.15, -0.1) is 0 Å². The largest absolute Gasteiger partial charge is 0.389 e. The van der Waals surface area contributed by atoms with E-state index in [1.807, 2.05) is 12.1 Å². The number of β-amino-alcohol motifs (C(OH)–C–C–N with tert-alkyl or cyclic N) is 2. The quantitative estimate of drug-likeness (QED) is 0.819. The first kappa shape index (κ1) is 13.7. The lowest BCUT2D eigenvalue weighted by Gasteiger charge is -2.22. The maximum Gasteiger partial charge on any atom is 0.179 e. The summed E-state index contributed by atoms with van der Waals surface area (Å²) < 4.78 is 0.929. The van der Waals surface area contributed by atoms with Gasteiger partial charge < -0.3 is 10.2 Å². The molecule has 0 bridgehead atoms. The van der Waals surface area contributed by atoms with Crippen molar-refractivity contribution in [2.24, 2.45) is 0 Å². The number of carbonyl (C=O) groups is 1. The molecule has 3 unspecified atom stereocenters. The van der Waals surface area contributed by atoms with Crippen LogP contribution >= 0.6 is 15.9 Å². The van der Waals surface area contributed by atoms with E-state index in [-0.39, 0.29) is 11.8 Å². The maximum atomic E-state index is 12.2. The lowest BCUT2D eigenvalue weighted by molar-refractivity contribution is 0.0572. The number of aliphatic hydroxyl groups excluding tert-OH is 2. The molecule has 0 radical (unpaired) electrons. The zero-order chi connectivity index (χ0) is 13.3. The van der Waals surface area contributed by atoms with Gasteiger partial charge in [0.25, 0.3) is 0 Å². The summed E-state index contributed by atoms with van der Waals surface area (Å²) in [4.78, 5) is 14.0. The van der Waals surface area contributed by atoms with Crippen molar-refractivity contribution in [3.63, 3.8) is 0 Å². The molecule has 1 fully saturated rings. The molecule has 1 aromatic rings. The van der Waals surface area contributed by atoms with Gasteiger partial charge in [0.2, 0.25) is 0 Å². The number of halogens is 1. The van der Waals surface area contributed by atoms with Gasteiger partial charge in [0, 0.05) is 23.1 Å². The predicted octanol–water partition coefficient (Wildman–Crippen LogP) is 1.06. The summed E-state index contributed by atoms with van der Waals surface area (Å²) in [6.45, 7) is 2.48. The van der Waals surface area contributed by atoms with E-state index < -0.39 is 12.2 Å². The SMILES string of the molecule is CC(C(=O)c1ccc(Br)cc1)N1CC(O)C(O)C1. The molecule has 5 heteroatoms. The minimum atomic E-state index is -0.759. The molecule has 4 nitrogen and oxygen atoms in total. The predicted molar refractivity (Wildman–Crippen MR) is 71.5 cm³/mol. The van der Waals surface area contributed by atoms with Crippen molar-refractivity contribution >= 4 is 21.7 Å². The standard InChI is InChI=1S/C13H16BrNO3/c1-8(15-6-11(16)12(17)7-15)13(18)9-2-4-10(14)5-3-9/h2-5,8,11-12,16-17H,6-7H2,1H3. The highest BCUT2D eigenvalue weighted by atomic mass is 79.9. The smallest absolute Gasteiger partial charge is 0.179 e. The topological polar surface area (TPSA) is 60.8 Å². The Labute approximate surface area is 114 Å². The number of ketones is 1. The van der Waals surface area contributed by atoms with Crippen molar-refractivity contribution in [3.8, 4) is 0 Å². The van der Waals surface area contributed by atoms with Gasteiger partial charge >= 0.3 is 0 Å². The Morgan fingerprint density at radius 1 is 1.28 bits per heavy atom. The van der Waals surface area contributed by atoms with Crippen molar-refractivity contribution in [1.82, 2.24) is 4.90 Å². The van der Waals surface area contributed by atoms with Gasteiger partial charge in [-0.3, -0.25) is 9.69 Å². The Morgan fingerprint density at radius 3 is 2.28 bits per heavy atom. The second kappa shape index (κ2) is 5.48. The minimum Gasteiger partial charge on any atom is -0.389 e. The molecule has 1 heterocycles. The Balaban J connectivity index is 2.07. The number of hydrogen-bond acceptors (Lipinski definition) is 4. The summed E-state index contributed by atoms with van der Waals surface area (Å²) in [5, 5.41) is 19.0. The third kappa shape index (κ3) is 2.80. The lowest BCUT2D eigenvalue weighted by Crippen LogP contribution is -2.38. The van der Waals surface area contributed by atoms with Crippen LogP contribution in [0.15, 0.2) is 28.7 Å². The highest BCUT2D eigenvalue weighted by Gasteiger charge is 2.34. The van der Waals surface area contributed by atoms with Crippen LogP contribution < -0.4 is 0 Å². The lowest BCUT2D eigenvalue weighted by atomic mass is 10.0. The Hall–Kier alpha value is -0.750. The zero-order valence-electron chi connectivity index (χ0n) is 10.1. The molecular formula is C13H16BrNO3. The van der Waals surface area contributed by atoms with Crippen molar-refractivity contribution in [3.05, 3.63) is 34.3 Å². The third-order valence-corrected chi connectivity index (χ3v) is 3.87. The third-order valence-electron chi connectivity index (χ3n) is 3.34. The Morgan fingerprint density at radius 2 is 1.78 bits per heavy atom. The molecule has 0 aromatic heterocycles. The van der Waals surface area contributed by atoms with E-state index in [1.54, 1.807) is 24.0 Å². The summed E-state index contributed by atoms with van der Waals surface area (Å²) >= 11 is 3.33. The normalized spacial score (nSPS) is 26.2. The van der Waals surface area contributed by atoms with E-state index in [0.717, 1.165) is 4.47 Å². The van der Waals surface area contributed by atoms with E-state index in [2.05, 4.69) is 15.9 Å². The van der Waals surface area contributed by atoms with Gasteiger partial charge in [-0.05, 0) is 19.1 Å². The number of nitrogens with zero attached hydrogens (tertiary/aromatic N) is 1.